The van der Waals surface area contributed by atoms with Crippen LogP contribution in [0, 0.1) is 5.92 Å². The van der Waals surface area contributed by atoms with Gasteiger partial charge in [0, 0.05) is 12.6 Å². The summed E-state index contributed by atoms with van der Waals surface area (Å²) in [5.41, 5.74) is 1.59. The van der Waals surface area contributed by atoms with Crippen LogP contribution in [-0.4, -0.2) is 9.55 Å². The molecule has 0 spiro atoms. The van der Waals surface area contributed by atoms with Crippen LogP contribution in [0.15, 0.2) is 65.5 Å². The monoisotopic (exact) mass is 308 g/mol. The second-order valence-corrected chi connectivity index (χ2v) is 5.64. The fourth-order valence-electron chi connectivity index (χ4n) is 2.69. The number of para-hydroxylation sites is 1. The minimum Gasteiger partial charge on any atom is -0.457 e. The summed E-state index contributed by atoms with van der Waals surface area (Å²) in [6.45, 7) is 4.74. The van der Waals surface area contributed by atoms with Gasteiger partial charge in [0.25, 0.3) is 0 Å². The van der Waals surface area contributed by atoms with Crippen LogP contribution in [0.2, 0.25) is 0 Å². The summed E-state index contributed by atoms with van der Waals surface area (Å²) in [7, 11) is 0. The van der Waals surface area contributed by atoms with E-state index in [-0.39, 0.29) is 5.69 Å². The third kappa shape index (κ3) is 3.37. The van der Waals surface area contributed by atoms with Gasteiger partial charge in [-0.25, -0.2) is 4.79 Å². The highest BCUT2D eigenvalue weighted by atomic mass is 16.5. The number of ether oxygens (including phenoxy) is 1. The van der Waals surface area contributed by atoms with Crippen molar-refractivity contribution in [2.75, 3.05) is 0 Å². The summed E-state index contributed by atoms with van der Waals surface area (Å²) in [5.74, 6) is 1.78. The summed E-state index contributed by atoms with van der Waals surface area (Å²) >= 11 is 0. The fourth-order valence-corrected chi connectivity index (χ4v) is 2.69. The summed E-state index contributed by atoms with van der Waals surface area (Å²) in [6, 6.07) is 15.3. The Balaban J connectivity index is 1.91. The highest BCUT2D eigenvalue weighted by Crippen LogP contribution is 2.24. The van der Waals surface area contributed by atoms with E-state index >= 15 is 0 Å². The first-order valence-electron chi connectivity index (χ1n) is 7.75. The Bertz CT molecular complexity index is 875. The Morgan fingerprint density at radius 3 is 2.70 bits per heavy atom. The molecule has 0 fully saturated rings. The summed E-state index contributed by atoms with van der Waals surface area (Å²) in [4.78, 5) is 15.1. The van der Waals surface area contributed by atoms with Crippen molar-refractivity contribution < 1.29 is 4.74 Å². The van der Waals surface area contributed by atoms with E-state index in [1.165, 1.54) is 0 Å². The zero-order valence-electron chi connectivity index (χ0n) is 13.3. The molecule has 0 aliphatic carbocycles. The van der Waals surface area contributed by atoms with Gasteiger partial charge >= 0.3 is 5.69 Å². The van der Waals surface area contributed by atoms with Crippen molar-refractivity contribution in [2.45, 2.75) is 20.4 Å². The van der Waals surface area contributed by atoms with Crippen molar-refractivity contribution in [3.05, 3.63) is 71.2 Å². The van der Waals surface area contributed by atoms with Crippen LogP contribution in [0.1, 0.15) is 13.8 Å². The molecule has 0 aliphatic heterocycles. The normalized spacial score (nSPS) is 12.8. The maximum absolute atomic E-state index is 12.2. The molecule has 23 heavy (non-hydrogen) atoms. The quantitative estimate of drug-likeness (QED) is 0.713. The number of fused-ring (bicyclic) bond motifs is 1. The molecule has 0 bridgehead atoms. The molecular formula is C19H20N2O2. The lowest BCUT2D eigenvalue weighted by Gasteiger charge is -2.08. The van der Waals surface area contributed by atoms with Crippen molar-refractivity contribution in [1.29, 1.82) is 0 Å². The van der Waals surface area contributed by atoms with Gasteiger partial charge in [-0.15, -0.1) is 0 Å². The number of benzene rings is 2. The van der Waals surface area contributed by atoms with E-state index in [0.717, 1.165) is 16.8 Å². The first kappa shape index (κ1) is 15.2. The summed E-state index contributed by atoms with van der Waals surface area (Å²) < 4.78 is 7.58. The van der Waals surface area contributed by atoms with Gasteiger partial charge in [-0.2, -0.15) is 0 Å². The molecule has 1 unspecified atom stereocenters. The number of aromatic amines is 1. The lowest BCUT2D eigenvalue weighted by atomic mass is 10.1. The molecule has 3 rings (SSSR count). The summed E-state index contributed by atoms with van der Waals surface area (Å²) in [6.07, 6.45) is 4.11. The predicted molar refractivity (Wildman–Crippen MR) is 93.1 cm³/mol. The van der Waals surface area contributed by atoms with E-state index in [1.54, 1.807) is 4.57 Å². The Hall–Kier alpha value is -2.75. The lowest BCUT2D eigenvalue weighted by Crippen LogP contribution is -2.19. The largest absolute Gasteiger partial charge is 0.457 e. The molecule has 1 N–H and O–H groups in total. The minimum atomic E-state index is -0.0896. The number of allylic oxidation sites excluding steroid dienone is 2. The van der Waals surface area contributed by atoms with Crippen molar-refractivity contribution in [2.24, 2.45) is 5.92 Å². The van der Waals surface area contributed by atoms with Crippen LogP contribution in [0.4, 0.5) is 0 Å². The predicted octanol–water partition coefficient (Wildman–Crippen LogP) is 4.33. The average molecular weight is 308 g/mol. The van der Waals surface area contributed by atoms with E-state index in [9.17, 15) is 4.79 Å². The number of H-pyrrole nitrogens is 1. The Morgan fingerprint density at radius 2 is 1.96 bits per heavy atom. The zero-order valence-corrected chi connectivity index (χ0v) is 13.3. The van der Waals surface area contributed by atoms with Gasteiger partial charge in [-0.05, 0) is 37.1 Å². The minimum absolute atomic E-state index is 0.0896. The third-order valence-corrected chi connectivity index (χ3v) is 3.72. The molecule has 0 radical (unpaired) electrons. The van der Waals surface area contributed by atoms with Crippen molar-refractivity contribution in [3.63, 3.8) is 0 Å². The fraction of sp³-hybridized carbons (Fsp3) is 0.211. The van der Waals surface area contributed by atoms with E-state index in [2.05, 4.69) is 18.0 Å². The van der Waals surface area contributed by atoms with E-state index < -0.39 is 0 Å². The molecule has 0 amide bonds. The van der Waals surface area contributed by atoms with Gasteiger partial charge in [0.2, 0.25) is 0 Å². The maximum Gasteiger partial charge on any atom is 0.326 e. The molecule has 2 aromatic carbocycles. The molecule has 0 saturated heterocycles. The van der Waals surface area contributed by atoms with Gasteiger partial charge in [-0.1, -0.05) is 37.3 Å². The van der Waals surface area contributed by atoms with Crippen LogP contribution < -0.4 is 10.4 Å². The molecule has 0 aliphatic rings. The lowest BCUT2D eigenvalue weighted by molar-refractivity contribution is 0.483. The molecule has 0 saturated carbocycles. The number of nitrogens with zero attached hydrogens (tertiary/aromatic N) is 1. The SMILES string of the molecule is C/C=C\C(C)Cn1c(=O)[nH]c2cc(Oc3ccccc3)ccc21. The van der Waals surface area contributed by atoms with Gasteiger partial charge in [0.1, 0.15) is 11.5 Å². The van der Waals surface area contributed by atoms with E-state index in [0.29, 0.717) is 18.2 Å². The van der Waals surface area contributed by atoms with Crippen LogP contribution >= 0.6 is 0 Å². The highest BCUT2D eigenvalue weighted by molar-refractivity contribution is 5.77. The number of hydrogen-bond acceptors (Lipinski definition) is 2. The molecule has 1 aromatic heterocycles. The number of aromatic nitrogens is 2. The van der Waals surface area contributed by atoms with Crippen LogP contribution in [0.5, 0.6) is 11.5 Å². The molecule has 1 heterocycles. The van der Waals surface area contributed by atoms with Crippen LogP contribution in [-0.2, 0) is 6.54 Å². The average Bonchev–Trinajstić information content (AvgIpc) is 2.84. The molecular weight excluding hydrogens is 288 g/mol. The highest BCUT2D eigenvalue weighted by Gasteiger charge is 2.10. The standard InChI is InChI=1S/C19H20N2O2/c1-3-7-14(2)13-21-18-11-10-16(12-17(18)20-19(21)22)23-15-8-5-4-6-9-15/h3-12,14H,13H2,1-2H3,(H,20,22)/b7-3-. The maximum atomic E-state index is 12.2. The Morgan fingerprint density at radius 1 is 1.17 bits per heavy atom. The third-order valence-electron chi connectivity index (χ3n) is 3.72. The Labute approximate surface area is 135 Å². The van der Waals surface area contributed by atoms with Crippen molar-refractivity contribution >= 4 is 11.0 Å². The first-order valence-corrected chi connectivity index (χ1v) is 7.75. The molecule has 1 atom stereocenters. The van der Waals surface area contributed by atoms with Crippen molar-refractivity contribution in [1.82, 2.24) is 9.55 Å². The molecule has 118 valence electrons. The molecule has 4 heteroatoms. The van der Waals surface area contributed by atoms with Gasteiger partial charge in [-0.3, -0.25) is 4.57 Å². The number of rotatable bonds is 5. The number of imidazole rings is 1. The van der Waals surface area contributed by atoms with Gasteiger partial charge in [0.05, 0.1) is 11.0 Å². The van der Waals surface area contributed by atoms with Crippen LogP contribution in [0.3, 0.4) is 0 Å². The molecule has 3 aromatic rings. The number of nitrogens with one attached hydrogen (secondary N) is 1. The van der Waals surface area contributed by atoms with Gasteiger partial charge in [0.15, 0.2) is 0 Å². The van der Waals surface area contributed by atoms with E-state index in [4.69, 9.17) is 4.74 Å². The molecule has 4 nitrogen and oxygen atoms in total. The Kier molecular flexibility index (Phi) is 4.33. The number of hydrogen-bond donors (Lipinski definition) is 1. The smallest absolute Gasteiger partial charge is 0.326 e. The van der Waals surface area contributed by atoms with Gasteiger partial charge < -0.3 is 9.72 Å². The summed E-state index contributed by atoms with van der Waals surface area (Å²) in [5, 5.41) is 0. The second kappa shape index (κ2) is 6.57. The first-order chi connectivity index (χ1) is 11.2. The zero-order chi connectivity index (χ0) is 16.2. The topological polar surface area (TPSA) is 47.0 Å². The van der Waals surface area contributed by atoms with Crippen LogP contribution in [0.25, 0.3) is 11.0 Å². The van der Waals surface area contributed by atoms with Crippen molar-refractivity contribution in [3.8, 4) is 11.5 Å². The second-order valence-electron chi connectivity index (χ2n) is 5.64. The van der Waals surface area contributed by atoms with E-state index in [1.807, 2.05) is 61.5 Å².